The van der Waals surface area contributed by atoms with Crippen LogP contribution in [0.5, 0.6) is 0 Å². The molecule has 1 aromatic carbocycles. The van der Waals surface area contributed by atoms with Gasteiger partial charge < -0.3 is 20.7 Å². The molecule has 0 saturated carbocycles. The Balaban J connectivity index is 2.15. The van der Waals surface area contributed by atoms with E-state index in [1.54, 1.807) is 25.1 Å². The second kappa shape index (κ2) is 8.73. The maximum absolute atomic E-state index is 13.3. The molecule has 1 aromatic rings. The fraction of sp³-hybridized carbons (Fsp3) is 0.385. The van der Waals surface area contributed by atoms with Gasteiger partial charge in [-0.1, -0.05) is 18.2 Å². The monoisotopic (exact) mass is 283 g/mol. The summed E-state index contributed by atoms with van der Waals surface area (Å²) in [4.78, 5) is 22.3. The van der Waals surface area contributed by atoms with Crippen molar-refractivity contribution in [1.29, 1.82) is 0 Å². The number of nitrogens with one attached hydrogen (secondary N) is 3. The zero-order valence-corrected chi connectivity index (χ0v) is 11.2. The van der Waals surface area contributed by atoms with Gasteiger partial charge in [0, 0.05) is 25.2 Å². The molecule has 0 radical (unpaired) electrons. The topological polar surface area (TPSA) is 79.5 Å². The van der Waals surface area contributed by atoms with Crippen molar-refractivity contribution in [3.05, 3.63) is 35.6 Å². The highest BCUT2D eigenvalue weighted by atomic mass is 19.1. The lowest BCUT2D eigenvalue weighted by atomic mass is 10.2. The minimum Gasteiger partial charge on any atom is -0.450 e. The van der Waals surface area contributed by atoms with Gasteiger partial charge in [-0.15, -0.1) is 0 Å². The second-order valence-corrected chi connectivity index (χ2v) is 3.85. The molecule has 3 N–H and O–H groups in total. The van der Waals surface area contributed by atoms with Gasteiger partial charge >= 0.3 is 12.1 Å². The van der Waals surface area contributed by atoms with Crippen molar-refractivity contribution in [2.45, 2.75) is 13.5 Å². The molecular weight excluding hydrogens is 265 g/mol. The SMILES string of the molecule is CCOC(=O)NCCNC(=O)NCc1ccccc1F. The molecular formula is C13H18FN3O3. The Morgan fingerprint density at radius 2 is 1.85 bits per heavy atom. The van der Waals surface area contributed by atoms with E-state index in [0.717, 1.165) is 0 Å². The number of alkyl carbamates (subject to hydrolysis) is 1. The third-order valence-corrected chi connectivity index (χ3v) is 2.35. The highest BCUT2D eigenvalue weighted by Crippen LogP contribution is 2.04. The number of hydrogen-bond donors (Lipinski definition) is 3. The molecule has 0 fully saturated rings. The molecule has 3 amide bonds. The number of carbonyl (C=O) groups excluding carboxylic acids is 2. The van der Waals surface area contributed by atoms with Gasteiger partial charge in [0.25, 0.3) is 0 Å². The number of ether oxygens (including phenoxy) is 1. The summed E-state index contributed by atoms with van der Waals surface area (Å²) in [5.74, 6) is -0.364. The van der Waals surface area contributed by atoms with E-state index in [4.69, 9.17) is 0 Å². The van der Waals surface area contributed by atoms with Crippen LogP contribution < -0.4 is 16.0 Å². The third-order valence-electron chi connectivity index (χ3n) is 2.35. The first kappa shape index (κ1) is 15.7. The van der Waals surface area contributed by atoms with Crippen LogP contribution in [0.4, 0.5) is 14.0 Å². The molecule has 0 aliphatic carbocycles. The first-order chi connectivity index (χ1) is 9.63. The van der Waals surface area contributed by atoms with Crippen LogP contribution in [0.15, 0.2) is 24.3 Å². The van der Waals surface area contributed by atoms with Crippen LogP contribution in [0.3, 0.4) is 0 Å². The normalized spacial score (nSPS) is 9.70. The molecule has 0 saturated heterocycles. The van der Waals surface area contributed by atoms with E-state index >= 15 is 0 Å². The summed E-state index contributed by atoms with van der Waals surface area (Å²) in [6.45, 7) is 2.61. The molecule has 6 nitrogen and oxygen atoms in total. The molecule has 20 heavy (non-hydrogen) atoms. The quantitative estimate of drug-likeness (QED) is 0.690. The van der Waals surface area contributed by atoms with E-state index in [-0.39, 0.29) is 25.5 Å². The summed E-state index contributed by atoms with van der Waals surface area (Å²) in [7, 11) is 0. The Bertz CT molecular complexity index is 454. The van der Waals surface area contributed by atoms with Crippen molar-refractivity contribution in [1.82, 2.24) is 16.0 Å². The van der Waals surface area contributed by atoms with E-state index in [0.29, 0.717) is 12.2 Å². The van der Waals surface area contributed by atoms with Crippen LogP contribution in [0.25, 0.3) is 0 Å². The molecule has 110 valence electrons. The van der Waals surface area contributed by atoms with Crippen LogP contribution in [0.1, 0.15) is 12.5 Å². The largest absolute Gasteiger partial charge is 0.450 e. The zero-order valence-electron chi connectivity index (χ0n) is 11.2. The lowest BCUT2D eigenvalue weighted by Gasteiger charge is -2.09. The molecule has 0 bridgehead atoms. The summed E-state index contributed by atoms with van der Waals surface area (Å²) in [6.07, 6.45) is -0.527. The summed E-state index contributed by atoms with van der Waals surface area (Å²) in [5.41, 5.74) is 0.410. The average molecular weight is 283 g/mol. The van der Waals surface area contributed by atoms with Gasteiger partial charge in [0.1, 0.15) is 5.82 Å². The molecule has 0 heterocycles. The molecule has 0 spiro atoms. The number of urea groups is 1. The standard InChI is InChI=1S/C13H18FN3O3/c1-2-20-13(19)16-8-7-15-12(18)17-9-10-5-3-4-6-11(10)14/h3-6H,2,7-9H2,1H3,(H,16,19)(H2,15,17,18). The van der Waals surface area contributed by atoms with E-state index < -0.39 is 12.1 Å². The smallest absolute Gasteiger partial charge is 0.407 e. The zero-order chi connectivity index (χ0) is 14.8. The summed E-state index contributed by atoms with van der Waals surface area (Å²) in [6, 6.07) is 5.77. The van der Waals surface area contributed by atoms with Crippen LogP contribution in [-0.2, 0) is 11.3 Å². The fourth-order valence-corrected chi connectivity index (χ4v) is 1.40. The summed E-state index contributed by atoms with van der Waals surface area (Å²) < 4.78 is 17.9. The Kier molecular flexibility index (Phi) is 6.88. The highest BCUT2D eigenvalue weighted by Gasteiger charge is 2.04. The molecule has 1 rings (SSSR count). The Labute approximate surface area is 116 Å². The van der Waals surface area contributed by atoms with Crippen LogP contribution >= 0.6 is 0 Å². The lowest BCUT2D eigenvalue weighted by Crippen LogP contribution is -2.40. The highest BCUT2D eigenvalue weighted by molar-refractivity contribution is 5.74. The Hall–Kier alpha value is -2.31. The van der Waals surface area contributed by atoms with Crippen molar-refractivity contribution in [2.75, 3.05) is 19.7 Å². The molecule has 0 atom stereocenters. The van der Waals surface area contributed by atoms with Crippen molar-refractivity contribution >= 4 is 12.1 Å². The van der Waals surface area contributed by atoms with Gasteiger partial charge in [-0.3, -0.25) is 0 Å². The van der Waals surface area contributed by atoms with Crippen molar-refractivity contribution < 1.29 is 18.7 Å². The molecule has 0 aliphatic heterocycles. The van der Waals surface area contributed by atoms with Gasteiger partial charge in [0.05, 0.1) is 6.61 Å². The van der Waals surface area contributed by atoms with Crippen LogP contribution in [0.2, 0.25) is 0 Å². The molecule has 0 aliphatic rings. The number of benzene rings is 1. The van der Waals surface area contributed by atoms with E-state index in [9.17, 15) is 14.0 Å². The number of amides is 3. The van der Waals surface area contributed by atoms with Gasteiger partial charge in [0.2, 0.25) is 0 Å². The van der Waals surface area contributed by atoms with E-state index in [1.165, 1.54) is 6.07 Å². The first-order valence-electron chi connectivity index (χ1n) is 6.29. The molecule has 7 heteroatoms. The summed E-state index contributed by atoms with van der Waals surface area (Å²) >= 11 is 0. The maximum atomic E-state index is 13.3. The lowest BCUT2D eigenvalue weighted by molar-refractivity contribution is 0.152. The number of halogens is 1. The average Bonchev–Trinajstić information content (AvgIpc) is 2.43. The van der Waals surface area contributed by atoms with Gasteiger partial charge in [-0.05, 0) is 13.0 Å². The number of hydrogen-bond acceptors (Lipinski definition) is 3. The van der Waals surface area contributed by atoms with Crippen LogP contribution in [-0.4, -0.2) is 31.8 Å². The third kappa shape index (κ3) is 6.03. The van der Waals surface area contributed by atoms with E-state index in [1.807, 2.05) is 0 Å². The minimum absolute atomic E-state index is 0.101. The molecule has 0 unspecified atom stereocenters. The van der Waals surface area contributed by atoms with Gasteiger partial charge in [-0.2, -0.15) is 0 Å². The number of rotatable bonds is 6. The Morgan fingerprint density at radius 3 is 2.55 bits per heavy atom. The van der Waals surface area contributed by atoms with Gasteiger partial charge in [0.15, 0.2) is 0 Å². The molecule has 0 aromatic heterocycles. The fourth-order valence-electron chi connectivity index (χ4n) is 1.40. The number of carbonyl (C=O) groups is 2. The van der Waals surface area contributed by atoms with Crippen molar-refractivity contribution in [3.8, 4) is 0 Å². The summed E-state index contributed by atoms with van der Waals surface area (Å²) in [5, 5.41) is 7.50. The van der Waals surface area contributed by atoms with Crippen LogP contribution in [0, 0.1) is 5.82 Å². The predicted octanol–water partition coefficient (Wildman–Crippen LogP) is 1.37. The van der Waals surface area contributed by atoms with Crippen molar-refractivity contribution in [3.63, 3.8) is 0 Å². The maximum Gasteiger partial charge on any atom is 0.407 e. The minimum atomic E-state index is -0.527. The Morgan fingerprint density at radius 1 is 1.15 bits per heavy atom. The predicted molar refractivity (Wildman–Crippen MR) is 71.7 cm³/mol. The first-order valence-corrected chi connectivity index (χ1v) is 6.29. The van der Waals surface area contributed by atoms with Crippen molar-refractivity contribution in [2.24, 2.45) is 0 Å². The van der Waals surface area contributed by atoms with E-state index in [2.05, 4.69) is 20.7 Å². The van der Waals surface area contributed by atoms with Gasteiger partial charge in [-0.25, -0.2) is 14.0 Å². The second-order valence-electron chi connectivity index (χ2n) is 3.85.